The van der Waals surface area contributed by atoms with Gasteiger partial charge in [0.15, 0.2) is 0 Å². The highest BCUT2D eigenvalue weighted by Crippen LogP contribution is 2.49. The molecule has 2 aliphatic heterocycles. The summed E-state index contributed by atoms with van der Waals surface area (Å²) in [6, 6.07) is 9.29. The van der Waals surface area contributed by atoms with E-state index < -0.39 is 47.1 Å². The number of alkyl halides is 6. The number of carbonyl (C=O) groups is 2. The molecule has 10 nitrogen and oxygen atoms in total. The third kappa shape index (κ3) is 8.37. The molecular formula is C35H35F6N5O5. The molecule has 1 fully saturated rings. The third-order valence-electron chi connectivity index (χ3n) is 9.07. The molecule has 3 heterocycles. The molecule has 51 heavy (non-hydrogen) atoms. The number of benzene rings is 2. The molecule has 2 atom stereocenters. The predicted molar refractivity (Wildman–Crippen MR) is 172 cm³/mol. The zero-order valence-electron chi connectivity index (χ0n) is 27.5. The first kappa shape index (κ1) is 37.4. The molecule has 0 spiro atoms. The van der Waals surface area contributed by atoms with Crippen molar-refractivity contribution in [3.8, 4) is 6.07 Å². The number of amides is 1. The normalized spacial score (nSPS) is 19.3. The lowest BCUT2D eigenvalue weighted by molar-refractivity contribution is -0.138. The summed E-state index contributed by atoms with van der Waals surface area (Å²) >= 11 is 0. The molecule has 0 aliphatic carbocycles. The van der Waals surface area contributed by atoms with E-state index in [2.05, 4.69) is 0 Å². The number of aromatic nitrogens is 1. The summed E-state index contributed by atoms with van der Waals surface area (Å²) in [4.78, 5) is 32.2. The molecule has 16 heteroatoms. The van der Waals surface area contributed by atoms with Gasteiger partial charge in [0.1, 0.15) is 5.66 Å². The van der Waals surface area contributed by atoms with E-state index in [9.17, 15) is 41.2 Å². The van der Waals surface area contributed by atoms with Crippen molar-refractivity contribution < 1.29 is 50.5 Å². The lowest BCUT2D eigenvalue weighted by atomic mass is 9.77. The maximum Gasteiger partial charge on any atom is 0.416 e. The van der Waals surface area contributed by atoms with Gasteiger partial charge in [0.2, 0.25) is 0 Å². The van der Waals surface area contributed by atoms with Crippen LogP contribution < -0.4 is 15.5 Å². The van der Waals surface area contributed by atoms with Crippen LogP contribution in [0.3, 0.4) is 0 Å². The lowest BCUT2D eigenvalue weighted by Gasteiger charge is -2.47. The number of pyridine rings is 1. The zero-order valence-corrected chi connectivity index (χ0v) is 27.5. The van der Waals surface area contributed by atoms with E-state index in [4.69, 9.17) is 25.3 Å². The fraction of sp³-hybridized carbons (Fsp3) is 0.429. The Morgan fingerprint density at radius 1 is 1.08 bits per heavy atom. The minimum absolute atomic E-state index is 0.00701. The van der Waals surface area contributed by atoms with Gasteiger partial charge >= 0.3 is 24.4 Å². The van der Waals surface area contributed by atoms with Crippen molar-refractivity contribution in [3.63, 3.8) is 0 Å². The minimum Gasteiger partial charge on any atom is -0.481 e. The van der Waals surface area contributed by atoms with Crippen LogP contribution in [0, 0.1) is 11.3 Å². The molecule has 5 rings (SSSR count). The Morgan fingerprint density at radius 2 is 1.78 bits per heavy atom. The third-order valence-corrected chi connectivity index (χ3v) is 9.07. The van der Waals surface area contributed by atoms with Crippen molar-refractivity contribution in [3.05, 3.63) is 87.7 Å². The van der Waals surface area contributed by atoms with Crippen LogP contribution in [0.25, 0.3) is 0 Å². The van der Waals surface area contributed by atoms with Crippen LogP contribution in [-0.4, -0.2) is 60.7 Å². The van der Waals surface area contributed by atoms with Crippen molar-refractivity contribution in [2.75, 3.05) is 42.7 Å². The van der Waals surface area contributed by atoms with Crippen molar-refractivity contribution in [1.82, 2.24) is 4.98 Å². The van der Waals surface area contributed by atoms with Gasteiger partial charge in [-0.05, 0) is 84.8 Å². The molecule has 1 amide bonds. The van der Waals surface area contributed by atoms with Crippen LogP contribution in [0.2, 0.25) is 0 Å². The SMILES string of the molecule is CC[C@]1(N)C[C@H](c2ncc(N3CCOCC3)cc2Cc2cc(C#N)cc(C(F)(F)F)c2)c2cc(C(F)(F)F)ccc2N1C(=O)OCCCC(=O)O. The molecule has 1 saturated heterocycles. The molecule has 0 unspecified atom stereocenters. The molecule has 3 N–H and O–H groups in total. The van der Waals surface area contributed by atoms with Crippen LogP contribution in [0.5, 0.6) is 0 Å². The standard InChI is InChI=1S/C35H35F6N5O5/c1-2-33(43)18-28(27-17-24(34(36,37)38)5-6-29(27)46(33)32(49)51-9-3-4-30(47)48)31-23(16-26(20-44-31)45-7-10-50-11-8-45)13-21-12-22(19-42)15-25(14-21)35(39,40)41/h5-6,12,14-17,20,28H,2-4,7-11,13,18,43H2,1H3,(H,47,48)/t28-,33+/m0/s1. The summed E-state index contributed by atoms with van der Waals surface area (Å²) in [7, 11) is 0. The summed E-state index contributed by atoms with van der Waals surface area (Å²) < 4.78 is 94.7. The van der Waals surface area contributed by atoms with E-state index in [0.717, 1.165) is 35.2 Å². The molecule has 0 radical (unpaired) electrons. The maximum absolute atomic E-state index is 14.1. The smallest absolute Gasteiger partial charge is 0.416 e. The minimum atomic E-state index is -4.77. The molecule has 2 aromatic carbocycles. The number of halogens is 6. The lowest BCUT2D eigenvalue weighted by Crippen LogP contribution is -2.61. The first-order chi connectivity index (χ1) is 24.0. The summed E-state index contributed by atoms with van der Waals surface area (Å²) in [5, 5.41) is 18.5. The Labute approximate surface area is 289 Å². The first-order valence-electron chi connectivity index (χ1n) is 16.2. The number of rotatable bonds is 9. The van der Waals surface area contributed by atoms with E-state index in [1.54, 1.807) is 19.1 Å². The van der Waals surface area contributed by atoms with Crippen LogP contribution in [0.1, 0.15) is 77.6 Å². The van der Waals surface area contributed by atoms with Crippen molar-refractivity contribution in [2.24, 2.45) is 5.73 Å². The fourth-order valence-electron chi connectivity index (χ4n) is 6.48. The summed E-state index contributed by atoms with van der Waals surface area (Å²) in [5.41, 5.74) is 4.51. The number of carbonyl (C=O) groups excluding carboxylic acids is 1. The average molecular weight is 720 g/mol. The Morgan fingerprint density at radius 3 is 2.41 bits per heavy atom. The van der Waals surface area contributed by atoms with Crippen LogP contribution in [-0.2, 0) is 33.0 Å². The van der Waals surface area contributed by atoms with E-state index in [0.29, 0.717) is 37.6 Å². The number of fused-ring (bicyclic) bond motifs is 1. The van der Waals surface area contributed by atoms with E-state index >= 15 is 0 Å². The molecule has 0 bridgehead atoms. The Kier molecular flexibility index (Phi) is 10.8. The summed E-state index contributed by atoms with van der Waals surface area (Å²) in [5.74, 6) is -2.08. The van der Waals surface area contributed by atoms with Gasteiger partial charge in [-0.15, -0.1) is 0 Å². The van der Waals surface area contributed by atoms with Crippen molar-refractivity contribution in [2.45, 2.75) is 63.0 Å². The number of carboxylic acid groups (broad SMARTS) is 1. The van der Waals surface area contributed by atoms with Gasteiger partial charge in [0.05, 0.1) is 65.8 Å². The van der Waals surface area contributed by atoms with E-state index in [-0.39, 0.29) is 66.8 Å². The van der Waals surface area contributed by atoms with Gasteiger partial charge in [-0.2, -0.15) is 31.6 Å². The molecule has 1 aromatic heterocycles. The van der Waals surface area contributed by atoms with Gasteiger partial charge in [0.25, 0.3) is 0 Å². The molecule has 2 aliphatic rings. The number of anilines is 2. The van der Waals surface area contributed by atoms with Gasteiger partial charge in [-0.25, -0.2) is 4.79 Å². The largest absolute Gasteiger partial charge is 0.481 e. The number of nitriles is 1. The van der Waals surface area contributed by atoms with E-state index in [1.807, 2.05) is 4.90 Å². The molecule has 0 saturated carbocycles. The zero-order chi connectivity index (χ0) is 37.1. The second kappa shape index (κ2) is 14.8. The Bertz CT molecular complexity index is 1820. The van der Waals surface area contributed by atoms with Gasteiger partial charge in [-0.1, -0.05) is 6.92 Å². The second-order valence-electron chi connectivity index (χ2n) is 12.5. The number of carboxylic acids is 1. The monoisotopic (exact) mass is 719 g/mol. The molecule has 272 valence electrons. The first-order valence-corrected chi connectivity index (χ1v) is 16.2. The number of hydrogen-bond donors (Lipinski definition) is 2. The topological polar surface area (TPSA) is 142 Å². The van der Waals surface area contributed by atoms with Gasteiger partial charge in [-0.3, -0.25) is 14.7 Å². The fourth-order valence-corrected chi connectivity index (χ4v) is 6.48. The second-order valence-corrected chi connectivity index (χ2v) is 12.5. The highest BCUT2D eigenvalue weighted by molar-refractivity contribution is 5.91. The number of hydrogen-bond acceptors (Lipinski definition) is 8. The van der Waals surface area contributed by atoms with Crippen molar-refractivity contribution in [1.29, 1.82) is 5.26 Å². The van der Waals surface area contributed by atoms with Gasteiger partial charge in [0, 0.05) is 25.4 Å². The maximum atomic E-state index is 14.1. The van der Waals surface area contributed by atoms with Crippen LogP contribution in [0.4, 0.5) is 42.5 Å². The summed E-state index contributed by atoms with van der Waals surface area (Å²) in [6.45, 7) is 3.22. The predicted octanol–water partition coefficient (Wildman–Crippen LogP) is 6.83. The number of morpholine rings is 1. The quantitative estimate of drug-likeness (QED) is 0.180. The number of nitrogens with two attached hydrogens (primary N) is 1. The molecule has 3 aromatic rings. The number of ether oxygens (including phenoxy) is 2. The summed E-state index contributed by atoms with van der Waals surface area (Å²) in [6.07, 6.45) is -9.45. The van der Waals surface area contributed by atoms with E-state index in [1.165, 1.54) is 12.3 Å². The Hall–Kier alpha value is -4.88. The highest BCUT2D eigenvalue weighted by atomic mass is 19.4. The van der Waals surface area contributed by atoms with Crippen LogP contribution >= 0.6 is 0 Å². The van der Waals surface area contributed by atoms with Gasteiger partial charge < -0.3 is 25.2 Å². The van der Waals surface area contributed by atoms with Crippen LogP contribution in [0.15, 0.2) is 48.7 Å². The number of aliphatic carboxylic acids is 1. The average Bonchev–Trinajstić information content (AvgIpc) is 3.09. The number of nitrogens with zero attached hydrogens (tertiary/aromatic N) is 4. The molecular weight excluding hydrogens is 684 g/mol. The Balaban J connectivity index is 1.67. The highest BCUT2D eigenvalue weighted by Gasteiger charge is 2.47. The van der Waals surface area contributed by atoms with Crippen molar-refractivity contribution >= 4 is 23.4 Å².